The third-order valence-corrected chi connectivity index (χ3v) is 3.53. The highest BCUT2D eigenvalue weighted by molar-refractivity contribution is 6.30. The molecule has 26 heavy (non-hydrogen) atoms. The van der Waals surface area contributed by atoms with Gasteiger partial charge in [-0.2, -0.15) is 14.7 Å². The lowest BCUT2D eigenvalue weighted by Gasteiger charge is -2.03. The molecular formula is C18H14ClN5O2. The third kappa shape index (κ3) is 4.03. The molecule has 1 heterocycles. The van der Waals surface area contributed by atoms with Gasteiger partial charge in [-0.1, -0.05) is 35.0 Å². The van der Waals surface area contributed by atoms with E-state index in [1.807, 2.05) is 30.3 Å². The van der Waals surface area contributed by atoms with Gasteiger partial charge in [0.1, 0.15) is 6.01 Å². The first-order valence-corrected chi connectivity index (χ1v) is 8.17. The van der Waals surface area contributed by atoms with Gasteiger partial charge < -0.3 is 4.74 Å². The minimum absolute atomic E-state index is 0.0161. The van der Waals surface area contributed by atoms with Crippen LogP contribution in [-0.2, 0) is 4.74 Å². The summed E-state index contributed by atoms with van der Waals surface area (Å²) in [5.74, 6) is -0.446. The van der Waals surface area contributed by atoms with E-state index in [4.69, 9.17) is 16.3 Å². The number of hydrogen-bond acceptors (Lipinski definition) is 6. The van der Waals surface area contributed by atoms with Crippen LogP contribution in [-0.4, -0.2) is 33.6 Å². The van der Waals surface area contributed by atoms with Crippen LogP contribution < -0.4 is 0 Å². The highest BCUT2D eigenvalue weighted by atomic mass is 35.5. The Bertz CT molecular complexity index is 961. The van der Waals surface area contributed by atoms with E-state index in [9.17, 15) is 4.79 Å². The van der Waals surface area contributed by atoms with E-state index in [0.717, 1.165) is 0 Å². The van der Waals surface area contributed by atoms with Crippen LogP contribution in [0.15, 0.2) is 64.6 Å². The molecule has 3 aromatic rings. The monoisotopic (exact) mass is 367 g/mol. The summed E-state index contributed by atoms with van der Waals surface area (Å²) in [6.45, 7) is 1.93. The van der Waals surface area contributed by atoms with Crippen molar-refractivity contribution in [3.8, 4) is 5.69 Å². The zero-order chi connectivity index (χ0) is 18.4. The molecule has 0 aliphatic rings. The number of carbonyl (C=O) groups excluding carboxylic acids is 1. The van der Waals surface area contributed by atoms with Crippen LogP contribution in [0.3, 0.4) is 0 Å². The average molecular weight is 368 g/mol. The van der Waals surface area contributed by atoms with Crippen molar-refractivity contribution in [3.05, 3.63) is 65.3 Å². The molecule has 0 aliphatic heterocycles. The molecule has 3 rings (SSSR count). The van der Waals surface area contributed by atoms with Gasteiger partial charge in [0.2, 0.25) is 11.5 Å². The van der Waals surface area contributed by atoms with Crippen molar-refractivity contribution in [1.29, 1.82) is 0 Å². The molecule has 0 fully saturated rings. The fourth-order valence-corrected chi connectivity index (χ4v) is 2.22. The average Bonchev–Trinajstić information content (AvgIpc) is 3.07. The van der Waals surface area contributed by atoms with Crippen LogP contribution >= 0.6 is 11.6 Å². The number of halogens is 1. The molecule has 0 atom stereocenters. The van der Waals surface area contributed by atoms with Crippen molar-refractivity contribution < 1.29 is 9.53 Å². The van der Waals surface area contributed by atoms with E-state index < -0.39 is 5.97 Å². The molecular weight excluding hydrogens is 354 g/mol. The van der Waals surface area contributed by atoms with Crippen molar-refractivity contribution in [2.24, 2.45) is 9.98 Å². The Kier molecular flexibility index (Phi) is 5.53. The standard InChI is InChI=1S/C18H14ClN5O2/c1-2-26-18(25)16-17(21-12-20-14-6-4-3-5-7-14)24(23-22-16)15-10-8-13(19)9-11-15/h3-11H,2H2,1H3. The van der Waals surface area contributed by atoms with Gasteiger partial charge in [-0.15, -0.1) is 5.10 Å². The fourth-order valence-electron chi connectivity index (χ4n) is 2.10. The molecule has 0 saturated heterocycles. The lowest BCUT2D eigenvalue weighted by molar-refractivity contribution is 0.0520. The molecule has 1 aromatic heterocycles. The molecule has 7 nitrogen and oxygen atoms in total. The summed E-state index contributed by atoms with van der Waals surface area (Å²) in [4.78, 5) is 20.4. The maximum absolute atomic E-state index is 12.1. The van der Waals surface area contributed by atoms with Crippen molar-refractivity contribution in [1.82, 2.24) is 15.0 Å². The predicted molar refractivity (Wildman–Crippen MR) is 98.0 cm³/mol. The van der Waals surface area contributed by atoms with Crippen LogP contribution in [0.2, 0.25) is 5.02 Å². The van der Waals surface area contributed by atoms with E-state index in [-0.39, 0.29) is 18.1 Å². The molecule has 0 amide bonds. The zero-order valence-corrected chi connectivity index (χ0v) is 14.6. The summed E-state index contributed by atoms with van der Waals surface area (Å²) < 4.78 is 6.41. The molecule has 0 saturated carbocycles. The fraction of sp³-hybridized carbons (Fsp3) is 0.111. The SMILES string of the molecule is CCOC(=O)c1nnn(-c2ccc(Cl)cc2)c1N=C=Nc1ccccc1. The molecule has 0 aliphatic carbocycles. The first-order chi connectivity index (χ1) is 12.7. The summed E-state index contributed by atoms with van der Waals surface area (Å²) in [5.41, 5.74) is 1.30. The highest BCUT2D eigenvalue weighted by Crippen LogP contribution is 2.23. The number of ether oxygens (including phenoxy) is 1. The summed E-state index contributed by atoms with van der Waals surface area (Å²) in [5, 5.41) is 8.46. The van der Waals surface area contributed by atoms with E-state index >= 15 is 0 Å². The van der Waals surface area contributed by atoms with Gasteiger partial charge in [0.25, 0.3) is 0 Å². The van der Waals surface area contributed by atoms with Gasteiger partial charge in [-0.25, -0.2) is 4.79 Å². The number of aliphatic imine (C=N–C) groups is 2. The second kappa shape index (κ2) is 8.20. The molecule has 0 radical (unpaired) electrons. The number of hydrogen-bond donors (Lipinski definition) is 0. The Hall–Kier alpha value is -3.28. The summed E-state index contributed by atoms with van der Waals surface area (Å²) in [6, 6.07) is 18.7. The Labute approximate surface area is 154 Å². The highest BCUT2D eigenvalue weighted by Gasteiger charge is 2.21. The van der Waals surface area contributed by atoms with Crippen molar-refractivity contribution in [2.75, 3.05) is 6.61 Å². The van der Waals surface area contributed by atoms with Crippen molar-refractivity contribution >= 4 is 35.1 Å². The number of rotatable bonds is 5. The Morgan fingerprint density at radius 2 is 1.88 bits per heavy atom. The Morgan fingerprint density at radius 3 is 2.58 bits per heavy atom. The van der Waals surface area contributed by atoms with Crippen LogP contribution in [0, 0.1) is 0 Å². The number of esters is 1. The lowest BCUT2D eigenvalue weighted by Crippen LogP contribution is -2.05. The molecule has 2 aromatic carbocycles. The molecule has 0 unspecified atom stereocenters. The minimum Gasteiger partial charge on any atom is -0.461 e. The maximum Gasteiger partial charge on any atom is 0.362 e. The lowest BCUT2D eigenvalue weighted by atomic mass is 10.3. The first-order valence-electron chi connectivity index (χ1n) is 7.79. The number of carbonyl (C=O) groups is 1. The van der Waals surface area contributed by atoms with Gasteiger partial charge in [0.15, 0.2) is 0 Å². The summed E-state index contributed by atoms with van der Waals surface area (Å²) in [6.07, 6.45) is 0. The predicted octanol–water partition coefficient (Wildman–Crippen LogP) is 4.23. The number of aromatic nitrogens is 3. The van der Waals surface area contributed by atoms with Crippen LogP contribution in [0.25, 0.3) is 5.69 Å². The molecule has 0 N–H and O–H groups in total. The first kappa shape index (κ1) is 17.5. The topological polar surface area (TPSA) is 81.7 Å². The summed E-state index contributed by atoms with van der Waals surface area (Å²) in [7, 11) is 0. The van der Waals surface area contributed by atoms with Crippen LogP contribution in [0.5, 0.6) is 0 Å². The maximum atomic E-state index is 12.1. The zero-order valence-electron chi connectivity index (χ0n) is 13.8. The van der Waals surface area contributed by atoms with Gasteiger partial charge in [-0.3, -0.25) is 0 Å². The van der Waals surface area contributed by atoms with Crippen molar-refractivity contribution in [2.45, 2.75) is 6.92 Å². The summed E-state index contributed by atoms with van der Waals surface area (Å²) >= 11 is 5.92. The normalized spacial score (nSPS) is 10.1. The second-order valence-corrected chi connectivity index (χ2v) is 5.47. The van der Waals surface area contributed by atoms with E-state index in [0.29, 0.717) is 16.4 Å². The second-order valence-electron chi connectivity index (χ2n) is 5.03. The van der Waals surface area contributed by atoms with Crippen molar-refractivity contribution in [3.63, 3.8) is 0 Å². The van der Waals surface area contributed by atoms with E-state index in [1.165, 1.54) is 4.68 Å². The van der Waals surface area contributed by atoms with Crippen LogP contribution in [0.4, 0.5) is 11.5 Å². The Morgan fingerprint density at radius 1 is 1.15 bits per heavy atom. The molecule has 0 spiro atoms. The molecule has 8 heteroatoms. The number of nitrogens with zero attached hydrogens (tertiary/aromatic N) is 5. The number of para-hydroxylation sites is 1. The van der Waals surface area contributed by atoms with Gasteiger partial charge in [0, 0.05) is 5.02 Å². The molecule has 0 bridgehead atoms. The molecule has 130 valence electrons. The van der Waals surface area contributed by atoms with E-state index in [2.05, 4.69) is 26.3 Å². The van der Waals surface area contributed by atoms with Gasteiger partial charge in [-0.05, 0) is 43.3 Å². The quantitative estimate of drug-likeness (QED) is 0.499. The van der Waals surface area contributed by atoms with E-state index in [1.54, 1.807) is 31.2 Å². The Balaban J connectivity index is 2.04. The van der Waals surface area contributed by atoms with Gasteiger partial charge in [0.05, 0.1) is 18.0 Å². The minimum atomic E-state index is -0.618. The van der Waals surface area contributed by atoms with Crippen LogP contribution in [0.1, 0.15) is 17.4 Å². The third-order valence-electron chi connectivity index (χ3n) is 3.28. The largest absolute Gasteiger partial charge is 0.461 e. The number of benzene rings is 2. The van der Waals surface area contributed by atoms with Gasteiger partial charge >= 0.3 is 5.97 Å². The smallest absolute Gasteiger partial charge is 0.362 e.